The van der Waals surface area contributed by atoms with Crippen LogP contribution in [-0.4, -0.2) is 22.0 Å². The zero-order chi connectivity index (χ0) is 14.2. The molecule has 0 amide bonds. The van der Waals surface area contributed by atoms with E-state index in [1.54, 1.807) is 0 Å². The van der Waals surface area contributed by atoms with Gasteiger partial charge < -0.3 is 0 Å². The van der Waals surface area contributed by atoms with Crippen molar-refractivity contribution in [2.75, 3.05) is 0 Å². The van der Waals surface area contributed by atoms with E-state index in [4.69, 9.17) is 0 Å². The maximum Gasteiger partial charge on any atom is 0.317 e. The number of alkyl halides is 10. The smallest absolute Gasteiger partial charge is 0.204 e. The van der Waals surface area contributed by atoms with Crippen molar-refractivity contribution in [2.45, 2.75) is 22.0 Å². The molecule has 0 aliphatic heterocycles. The number of rotatable bonds is 2. The molecular weight excluding hydrogens is 368 g/mol. The van der Waals surface area contributed by atoms with Crippen molar-refractivity contribution in [1.29, 1.82) is 0 Å². The normalized spacial score (nSPS) is 11.6. The lowest BCUT2D eigenvalue weighted by atomic mass is 10.8. The molecule has 0 saturated carbocycles. The Labute approximate surface area is 118 Å². The molecule has 0 aliphatic carbocycles. The molecule has 0 saturated heterocycles. The van der Waals surface area contributed by atoms with E-state index in [1.807, 2.05) is 0 Å². The van der Waals surface area contributed by atoms with Crippen molar-refractivity contribution in [3.63, 3.8) is 0 Å². The van der Waals surface area contributed by atoms with Crippen LogP contribution in [0, 0.1) is 0 Å². The molecule has 0 heterocycles. The van der Waals surface area contributed by atoms with Gasteiger partial charge in [-0.1, -0.05) is 46.4 Å². The predicted octanol–water partition coefficient (Wildman–Crippen LogP) is 5.47. The lowest BCUT2D eigenvalue weighted by Gasteiger charge is -2.04. The van der Waals surface area contributed by atoms with Gasteiger partial charge in [0.15, 0.2) is 0 Å². The van der Waals surface area contributed by atoms with Crippen molar-refractivity contribution in [2.24, 2.45) is 0 Å². The molecule has 16 heavy (non-hydrogen) atoms. The van der Waals surface area contributed by atoms with Crippen LogP contribution in [0.1, 0.15) is 0 Å². The highest BCUT2D eigenvalue weighted by Crippen LogP contribution is 2.30. The van der Waals surface area contributed by atoms with Crippen LogP contribution >= 0.6 is 69.7 Å². The highest BCUT2D eigenvalue weighted by Gasteiger charge is 2.35. The van der Waals surface area contributed by atoms with E-state index in [2.05, 4.69) is 69.7 Å². The lowest BCUT2D eigenvalue weighted by Crippen LogP contribution is -2.15. The molecule has 0 aromatic carbocycles. The first-order valence-corrected chi connectivity index (χ1v) is 5.90. The SMILES string of the molecule is FC(F)C(F)(Cl)Cl.FC(F)C(F)(Cl)Cl.SS. The average molecular weight is 372 g/mol. The second-order valence-corrected chi connectivity index (χ2v) is 4.27. The number of hydrogen-bond acceptors (Lipinski definition) is 2. The highest BCUT2D eigenvalue weighted by molar-refractivity contribution is 8.59. The molecule has 0 aromatic heterocycles. The highest BCUT2D eigenvalue weighted by atomic mass is 35.5. The van der Waals surface area contributed by atoms with Crippen LogP contribution in [0.15, 0.2) is 0 Å². The fourth-order valence-corrected chi connectivity index (χ4v) is 0. The van der Waals surface area contributed by atoms with Gasteiger partial charge in [0, 0.05) is 0 Å². The van der Waals surface area contributed by atoms with E-state index < -0.39 is 22.0 Å². The summed E-state index contributed by atoms with van der Waals surface area (Å²) in [6, 6.07) is 0. The fourth-order valence-electron chi connectivity index (χ4n) is 0. The summed E-state index contributed by atoms with van der Waals surface area (Å²) in [7, 11) is 0. The Hall–Kier alpha value is 1.44. The quantitative estimate of drug-likeness (QED) is 0.273. The third kappa shape index (κ3) is 17.8. The first-order chi connectivity index (χ1) is 6.89. The van der Waals surface area contributed by atoms with Gasteiger partial charge in [-0.2, -0.15) is 0 Å². The van der Waals surface area contributed by atoms with Crippen molar-refractivity contribution in [3.05, 3.63) is 0 Å². The minimum Gasteiger partial charge on any atom is -0.204 e. The number of halogens is 10. The summed E-state index contributed by atoms with van der Waals surface area (Å²) in [5.74, 6) is 0. The maximum atomic E-state index is 11.3. The molecule has 0 bridgehead atoms. The summed E-state index contributed by atoms with van der Waals surface area (Å²) in [5.41, 5.74) is 0. The molecule has 0 spiro atoms. The molecule has 0 rings (SSSR count). The second kappa shape index (κ2) is 10.4. The fraction of sp³-hybridized carbons (Fsp3) is 1.00. The van der Waals surface area contributed by atoms with Crippen LogP contribution in [0.3, 0.4) is 0 Å². The third-order valence-electron chi connectivity index (χ3n) is 0.495. The molecule has 102 valence electrons. The summed E-state index contributed by atoms with van der Waals surface area (Å²) in [4.78, 5) is 0. The molecule has 0 aromatic rings. The molecule has 0 radical (unpaired) electrons. The first-order valence-electron chi connectivity index (χ1n) is 2.78. The van der Waals surface area contributed by atoms with Gasteiger partial charge in [0.1, 0.15) is 0 Å². The monoisotopic (exact) mass is 370 g/mol. The van der Waals surface area contributed by atoms with Crippen LogP contribution in [-0.2, 0) is 0 Å². The lowest BCUT2D eigenvalue weighted by molar-refractivity contribution is 0.0693. The van der Waals surface area contributed by atoms with Crippen molar-refractivity contribution >= 4 is 69.7 Å². The Morgan fingerprint density at radius 2 is 0.750 bits per heavy atom. The van der Waals surface area contributed by atoms with E-state index in [1.165, 1.54) is 0 Å². The Balaban J connectivity index is -0.000000183. The predicted molar refractivity (Wildman–Crippen MR) is 61.1 cm³/mol. The zero-order valence-corrected chi connectivity index (χ0v) is 11.6. The zero-order valence-electron chi connectivity index (χ0n) is 6.83. The third-order valence-corrected chi connectivity index (χ3v) is 1.15. The van der Waals surface area contributed by atoms with E-state index in [0.29, 0.717) is 0 Å². The van der Waals surface area contributed by atoms with Gasteiger partial charge in [0.25, 0.3) is 12.9 Å². The minimum absolute atomic E-state index is 3.22. The molecule has 0 unspecified atom stereocenters. The van der Waals surface area contributed by atoms with Crippen molar-refractivity contribution < 1.29 is 26.3 Å². The molecule has 0 aliphatic rings. The second-order valence-electron chi connectivity index (χ2n) is 1.68. The van der Waals surface area contributed by atoms with Gasteiger partial charge in [-0.3, -0.25) is 0 Å². The van der Waals surface area contributed by atoms with Crippen LogP contribution < -0.4 is 0 Å². The summed E-state index contributed by atoms with van der Waals surface area (Å²) >= 11 is 23.3. The van der Waals surface area contributed by atoms with Crippen LogP contribution in [0.2, 0.25) is 0 Å². The Kier molecular flexibility index (Phi) is 14.7. The van der Waals surface area contributed by atoms with Crippen LogP contribution in [0.4, 0.5) is 26.3 Å². The molecule has 12 heteroatoms. The van der Waals surface area contributed by atoms with E-state index in [9.17, 15) is 26.3 Å². The van der Waals surface area contributed by atoms with E-state index in [0.717, 1.165) is 0 Å². The summed E-state index contributed by atoms with van der Waals surface area (Å²) in [6.07, 6.45) is -6.67. The Morgan fingerprint density at radius 3 is 0.750 bits per heavy atom. The van der Waals surface area contributed by atoms with Gasteiger partial charge in [0.05, 0.1) is 0 Å². The topological polar surface area (TPSA) is 0 Å². The Bertz CT molecular complexity index is 140. The molecule has 0 N–H and O–H groups in total. The Morgan fingerprint density at radius 1 is 0.688 bits per heavy atom. The van der Waals surface area contributed by atoms with E-state index >= 15 is 0 Å². The van der Waals surface area contributed by atoms with Gasteiger partial charge in [-0.15, -0.1) is 23.3 Å². The van der Waals surface area contributed by atoms with Crippen molar-refractivity contribution in [3.8, 4) is 0 Å². The molecule has 0 atom stereocenters. The number of hydrogen-bond donors (Lipinski definition) is 2. The first kappa shape index (κ1) is 22.6. The summed E-state index contributed by atoms with van der Waals surface area (Å²) in [5, 5.41) is 0. The summed E-state index contributed by atoms with van der Waals surface area (Å²) in [6.45, 7) is 0. The standard InChI is InChI=1S/2C2HCl2F3.H2S2/c2*3-2(4,7)1(5)6;1-2/h2*1H;1-2H. The minimum atomic E-state index is -3.39. The molecular formula is C4H4Cl4F6S2. The van der Waals surface area contributed by atoms with Crippen molar-refractivity contribution in [1.82, 2.24) is 0 Å². The maximum absolute atomic E-state index is 11.3. The van der Waals surface area contributed by atoms with Crippen LogP contribution in [0.25, 0.3) is 0 Å². The van der Waals surface area contributed by atoms with Gasteiger partial charge in [-0.25, -0.2) is 26.3 Å². The van der Waals surface area contributed by atoms with Gasteiger partial charge in [-0.05, 0) is 0 Å². The van der Waals surface area contributed by atoms with Gasteiger partial charge >= 0.3 is 9.17 Å². The molecule has 0 nitrogen and oxygen atoms in total. The van der Waals surface area contributed by atoms with Gasteiger partial charge in [0.2, 0.25) is 0 Å². The van der Waals surface area contributed by atoms with Crippen LogP contribution in [0.5, 0.6) is 0 Å². The average Bonchev–Trinajstić information content (AvgIpc) is 2.05. The summed E-state index contributed by atoms with van der Waals surface area (Å²) < 4.78 is 59.4. The van der Waals surface area contributed by atoms with E-state index in [-0.39, 0.29) is 0 Å². The largest absolute Gasteiger partial charge is 0.317 e. The molecule has 0 fully saturated rings. The number of thiol groups is 2.